The van der Waals surface area contributed by atoms with Gasteiger partial charge in [0.25, 0.3) is 0 Å². The number of fused-ring (bicyclic) bond motifs is 1. The molecule has 0 bridgehead atoms. The van der Waals surface area contributed by atoms with Crippen LogP contribution in [0, 0.1) is 18.3 Å². The number of aromatic nitrogens is 1. The lowest BCUT2D eigenvalue weighted by Crippen LogP contribution is -1.82. The molecule has 1 aromatic heterocycles. The molecular formula is C11H10N2S. The Morgan fingerprint density at radius 3 is 3.14 bits per heavy atom. The first kappa shape index (κ1) is 9.17. The molecule has 0 amide bonds. The van der Waals surface area contributed by atoms with E-state index in [9.17, 15) is 0 Å². The number of nitrogens with zero attached hydrogens (tertiary/aromatic N) is 2. The summed E-state index contributed by atoms with van der Waals surface area (Å²) in [5.74, 6) is 0. The van der Waals surface area contributed by atoms with Gasteiger partial charge in [-0.2, -0.15) is 5.26 Å². The Bertz CT molecular complexity index is 493. The number of nitriles is 1. The van der Waals surface area contributed by atoms with Gasteiger partial charge in [-0.25, -0.2) is 4.98 Å². The van der Waals surface area contributed by atoms with E-state index in [1.807, 2.05) is 13.0 Å². The zero-order valence-electron chi connectivity index (χ0n) is 7.95. The highest BCUT2D eigenvalue weighted by Crippen LogP contribution is 2.22. The number of aryl methyl sites for hydroxylation is 2. The van der Waals surface area contributed by atoms with Crippen molar-refractivity contribution in [3.63, 3.8) is 0 Å². The summed E-state index contributed by atoms with van der Waals surface area (Å²) >= 11 is 1.71. The monoisotopic (exact) mass is 202 g/mol. The van der Waals surface area contributed by atoms with E-state index >= 15 is 0 Å². The minimum Gasteiger partial charge on any atom is -0.242 e. The Hall–Kier alpha value is -1.40. The van der Waals surface area contributed by atoms with Crippen LogP contribution in [0.4, 0.5) is 0 Å². The van der Waals surface area contributed by atoms with Crippen molar-refractivity contribution in [2.45, 2.75) is 19.8 Å². The van der Waals surface area contributed by atoms with Gasteiger partial charge in [0.1, 0.15) is 0 Å². The highest BCUT2D eigenvalue weighted by atomic mass is 32.1. The van der Waals surface area contributed by atoms with E-state index < -0.39 is 0 Å². The first-order valence-electron chi connectivity index (χ1n) is 4.52. The van der Waals surface area contributed by atoms with Gasteiger partial charge in [-0.15, -0.1) is 11.3 Å². The smallest absolute Gasteiger partial charge is 0.0907 e. The predicted octanol–water partition coefficient (Wildman–Crippen LogP) is 3.06. The van der Waals surface area contributed by atoms with Crippen molar-refractivity contribution in [1.82, 2.24) is 4.98 Å². The molecule has 0 spiro atoms. The Kier molecular flexibility index (Phi) is 2.47. The molecule has 70 valence electrons. The van der Waals surface area contributed by atoms with Gasteiger partial charge in [-0.05, 0) is 31.0 Å². The van der Waals surface area contributed by atoms with Crippen molar-refractivity contribution in [3.8, 4) is 6.07 Å². The number of hydrogen-bond donors (Lipinski definition) is 0. The summed E-state index contributed by atoms with van der Waals surface area (Å²) in [6, 6.07) is 8.38. The molecule has 0 unspecified atom stereocenters. The first-order chi connectivity index (χ1) is 6.79. The summed E-state index contributed by atoms with van der Waals surface area (Å²) in [5.41, 5.74) is 2.29. The molecule has 0 saturated heterocycles. The molecule has 0 aliphatic rings. The SMILES string of the molecule is Cc1nc2ccc(CCC#N)cc2s1. The Labute approximate surface area is 86.8 Å². The summed E-state index contributed by atoms with van der Waals surface area (Å²) in [4.78, 5) is 4.39. The van der Waals surface area contributed by atoms with E-state index in [0.29, 0.717) is 6.42 Å². The molecule has 2 nitrogen and oxygen atoms in total. The molecule has 0 radical (unpaired) electrons. The lowest BCUT2D eigenvalue weighted by molar-refractivity contribution is 1.01. The summed E-state index contributed by atoms with van der Waals surface area (Å²) < 4.78 is 1.22. The van der Waals surface area contributed by atoms with Gasteiger partial charge < -0.3 is 0 Å². The summed E-state index contributed by atoms with van der Waals surface area (Å²) in [7, 11) is 0. The zero-order valence-corrected chi connectivity index (χ0v) is 8.77. The minimum atomic E-state index is 0.587. The normalized spacial score (nSPS) is 10.3. The Balaban J connectivity index is 2.36. The van der Waals surface area contributed by atoms with Crippen LogP contribution < -0.4 is 0 Å². The van der Waals surface area contributed by atoms with Crippen LogP contribution in [0.5, 0.6) is 0 Å². The molecule has 0 aliphatic heterocycles. The Morgan fingerprint density at radius 2 is 2.36 bits per heavy atom. The molecule has 14 heavy (non-hydrogen) atoms. The van der Waals surface area contributed by atoms with Crippen molar-refractivity contribution < 1.29 is 0 Å². The second kappa shape index (κ2) is 3.77. The first-order valence-corrected chi connectivity index (χ1v) is 5.34. The molecular weight excluding hydrogens is 192 g/mol. The largest absolute Gasteiger partial charge is 0.242 e. The van der Waals surface area contributed by atoms with Gasteiger partial charge in [-0.3, -0.25) is 0 Å². The molecule has 0 fully saturated rings. The maximum Gasteiger partial charge on any atom is 0.0907 e. The van der Waals surface area contributed by atoms with Crippen LogP contribution in [-0.4, -0.2) is 4.98 Å². The summed E-state index contributed by atoms with van der Waals surface area (Å²) in [6.45, 7) is 2.01. The third-order valence-corrected chi connectivity index (χ3v) is 3.02. The van der Waals surface area contributed by atoms with Crippen LogP contribution in [0.15, 0.2) is 18.2 Å². The van der Waals surface area contributed by atoms with Crippen molar-refractivity contribution in [2.75, 3.05) is 0 Å². The molecule has 1 heterocycles. The number of benzene rings is 1. The van der Waals surface area contributed by atoms with Crippen LogP contribution in [0.1, 0.15) is 17.0 Å². The molecule has 0 saturated carbocycles. The third-order valence-electron chi connectivity index (χ3n) is 2.09. The highest BCUT2D eigenvalue weighted by molar-refractivity contribution is 7.18. The van der Waals surface area contributed by atoms with E-state index in [2.05, 4.69) is 23.2 Å². The van der Waals surface area contributed by atoms with Gasteiger partial charge in [-0.1, -0.05) is 6.07 Å². The maximum absolute atomic E-state index is 8.49. The topological polar surface area (TPSA) is 36.7 Å². The Morgan fingerprint density at radius 1 is 1.50 bits per heavy atom. The molecule has 2 rings (SSSR count). The average molecular weight is 202 g/mol. The van der Waals surface area contributed by atoms with Crippen molar-refractivity contribution in [2.24, 2.45) is 0 Å². The quantitative estimate of drug-likeness (QED) is 0.750. The van der Waals surface area contributed by atoms with Gasteiger partial charge in [0, 0.05) is 6.42 Å². The predicted molar refractivity (Wildman–Crippen MR) is 58.3 cm³/mol. The van der Waals surface area contributed by atoms with Gasteiger partial charge in [0.2, 0.25) is 0 Å². The van der Waals surface area contributed by atoms with Crippen LogP contribution in [0.25, 0.3) is 10.2 Å². The minimum absolute atomic E-state index is 0.587. The van der Waals surface area contributed by atoms with Crippen molar-refractivity contribution in [1.29, 1.82) is 5.26 Å². The van der Waals surface area contributed by atoms with Crippen LogP contribution in [-0.2, 0) is 6.42 Å². The van der Waals surface area contributed by atoms with E-state index in [-0.39, 0.29) is 0 Å². The van der Waals surface area contributed by atoms with Gasteiger partial charge in [0.05, 0.1) is 21.3 Å². The lowest BCUT2D eigenvalue weighted by atomic mass is 10.1. The second-order valence-electron chi connectivity index (χ2n) is 3.19. The fraction of sp³-hybridized carbons (Fsp3) is 0.273. The number of rotatable bonds is 2. The van der Waals surface area contributed by atoms with Crippen molar-refractivity contribution >= 4 is 21.6 Å². The molecule has 2 aromatic rings. The summed E-state index contributed by atoms with van der Waals surface area (Å²) in [5, 5.41) is 9.58. The summed E-state index contributed by atoms with van der Waals surface area (Å²) in [6.07, 6.45) is 1.42. The lowest BCUT2D eigenvalue weighted by Gasteiger charge is -1.95. The van der Waals surface area contributed by atoms with Crippen LogP contribution in [0.2, 0.25) is 0 Å². The van der Waals surface area contributed by atoms with Crippen molar-refractivity contribution in [3.05, 3.63) is 28.8 Å². The fourth-order valence-electron chi connectivity index (χ4n) is 1.44. The maximum atomic E-state index is 8.49. The van der Waals surface area contributed by atoms with Crippen LogP contribution in [0.3, 0.4) is 0 Å². The zero-order chi connectivity index (χ0) is 9.97. The number of hydrogen-bond acceptors (Lipinski definition) is 3. The number of thiazole rings is 1. The fourth-order valence-corrected chi connectivity index (χ4v) is 2.33. The second-order valence-corrected chi connectivity index (χ2v) is 4.43. The van der Waals surface area contributed by atoms with Gasteiger partial charge >= 0.3 is 0 Å². The van der Waals surface area contributed by atoms with Crippen LogP contribution >= 0.6 is 11.3 Å². The average Bonchev–Trinajstić information content (AvgIpc) is 2.54. The molecule has 0 aliphatic carbocycles. The molecule has 0 atom stereocenters. The third kappa shape index (κ3) is 1.75. The van der Waals surface area contributed by atoms with Gasteiger partial charge in [0.15, 0.2) is 0 Å². The molecule has 3 heteroatoms. The van der Waals surface area contributed by atoms with E-state index in [4.69, 9.17) is 5.26 Å². The molecule has 0 N–H and O–H groups in total. The van der Waals surface area contributed by atoms with E-state index in [1.54, 1.807) is 11.3 Å². The standard InChI is InChI=1S/C11H10N2S/c1-8-13-10-5-4-9(3-2-6-12)7-11(10)14-8/h4-5,7H,2-3H2,1H3. The highest BCUT2D eigenvalue weighted by Gasteiger charge is 2.01. The molecule has 1 aromatic carbocycles. The van der Waals surface area contributed by atoms with E-state index in [1.165, 1.54) is 10.3 Å². The van der Waals surface area contributed by atoms with E-state index in [0.717, 1.165) is 16.9 Å².